The van der Waals surface area contributed by atoms with Crippen LogP contribution in [0.25, 0.3) is 0 Å². The van der Waals surface area contributed by atoms with E-state index in [0.717, 1.165) is 19.4 Å². The van der Waals surface area contributed by atoms with Gasteiger partial charge in [-0.05, 0) is 69.1 Å². The van der Waals surface area contributed by atoms with Crippen molar-refractivity contribution in [2.75, 3.05) is 26.2 Å². The minimum Gasteiger partial charge on any atom is -0.466 e. The van der Waals surface area contributed by atoms with E-state index in [-0.39, 0.29) is 23.5 Å². The first kappa shape index (κ1) is 19.4. The Bertz CT molecular complexity index is 730. The summed E-state index contributed by atoms with van der Waals surface area (Å²) in [4.78, 5) is 31.7. The second-order valence-electron chi connectivity index (χ2n) is 7.04. The molecular weight excluding hydrogens is 347 g/mol. The van der Waals surface area contributed by atoms with Crippen LogP contribution in [0.15, 0.2) is 41.4 Å². The normalized spacial score (nSPS) is 24.9. The van der Waals surface area contributed by atoms with Gasteiger partial charge in [-0.3, -0.25) is 14.6 Å². The Morgan fingerprint density at radius 2 is 2.11 bits per heavy atom. The minimum atomic E-state index is -0.950. The fourth-order valence-corrected chi connectivity index (χ4v) is 3.71. The largest absolute Gasteiger partial charge is 0.466 e. The maximum Gasteiger partial charge on any atom is 0.310 e. The van der Waals surface area contributed by atoms with Gasteiger partial charge in [-0.25, -0.2) is 4.39 Å². The molecule has 1 aromatic carbocycles. The van der Waals surface area contributed by atoms with Crippen molar-refractivity contribution in [2.24, 2.45) is 10.9 Å². The molecule has 27 heavy (non-hydrogen) atoms. The first-order valence-electron chi connectivity index (χ1n) is 9.46. The summed E-state index contributed by atoms with van der Waals surface area (Å²) < 4.78 is 18.3. The Hall–Kier alpha value is -2.34. The van der Waals surface area contributed by atoms with Crippen molar-refractivity contribution < 1.29 is 18.7 Å². The molecule has 0 bridgehead atoms. The minimum absolute atomic E-state index is 0.106. The van der Waals surface area contributed by atoms with Gasteiger partial charge in [0.1, 0.15) is 11.4 Å². The lowest BCUT2D eigenvalue weighted by Crippen LogP contribution is -2.43. The molecule has 2 aliphatic heterocycles. The summed E-state index contributed by atoms with van der Waals surface area (Å²) >= 11 is 0. The Morgan fingerprint density at radius 3 is 2.78 bits per heavy atom. The molecule has 3 rings (SSSR count). The molecule has 0 N–H and O–H groups in total. The number of aliphatic imine (C=N–C) groups is 1. The maximum absolute atomic E-state index is 13.2. The zero-order valence-corrected chi connectivity index (χ0v) is 15.6. The number of hydrogen-bond donors (Lipinski definition) is 0. The number of benzene rings is 1. The number of ether oxygens (including phenoxy) is 1. The highest BCUT2D eigenvalue weighted by atomic mass is 19.1. The molecule has 0 saturated carbocycles. The van der Waals surface area contributed by atoms with Gasteiger partial charge in [0.15, 0.2) is 5.78 Å². The number of allylic oxidation sites excluding steroid dienone is 1. The summed E-state index contributed by atoms with van der Waals surface area (Å²) in [6.07, 6.45) is 7.52. The third-order valence-corrected chi connectivity index (χ3v) is 5.20. The fraction of sp³-hybridized carbons (Fsp3) is 0.476. The number of halogens is 1. The molecule has 2 heterocycles. The van der Waals surface area contributed by atoms with Crippen LogP contribution in [-0.2, 0) is 9.53 Å². The van der Waals surface area contributed by atoms with Gasteiger partial charge >= 0.3 is 5.97 Å². The van der Waals surface area contributed by atoms with Crippen LogP contribution in [0.2, 0.25) is 0 Å². The van der Waals surface area contributed by atoms with E-state index in [1.807, 2.05) is 13.0 Å². The van der Waals surface area contributed by atoms with Crippen molar-refractivity contribution in [1.82, 2.24) is 4.90 Å². The highest BCUT2D eigenvalue weighted by molar-refractivity contribution is 6.07. The number of hydrogen-bond acceptors (Lipinski definition) is 5. The van der Waals surface area contributed by atoms with Crippen molar-refractivity contribution >= 4 is 18.0 Å². The SMILES string of the molecule is CCOC(=O)C1CCCN(CCC2(C(=O)c3ccc(F)cc3)C=CC=N2)C1. The topological polar surface area (TPSA) is 59.0 Å². The first-order chi connectivity index (χ1) is 13.0. The fourth-order valence-electron chi connectivity index (χ4n) is 3.71. The van der Waals surface area contributed by atoms with E-state index in [1.165, 1.54) is 24.3 Å². The maximum atomic E-state index is 13.2. The second-order valence-corrected chi connectivity index (χ2v) is 7.04. The van der Waals surface area contributed by atoms with E-state index >= 15 is 0 Å². The van der Waals surface area contributed by atoms with Crippen molar-refractivity contribution in [1.29, 1.82) is 0 Å². The number of likely N-dealkylation sites (tertiary alicyclic amines) is 1. The molecule has 2 aliphatic rings. The van der Waals surface area contributed by atoms with E-state index in [1.54, 1.807) is 12.3 Å². The zero-order valence-electron chi connectivity index (χ0n) is 15.6. The van der Waals surface area contributed by atoms with Gasteiger partial charge in [0, 0.05) is 24.9 Å². The number of carbonyl (C=O) groups is 2. The standard InChI is InChI=1S/C21H25FN2O3/c1-2-27-20(26)17-5-3-13-24(15-17)14-11-21(10-4-12-23-21)19(25)16-6-8-18(22)9-7-16/h4,6-10,12,17H,2-3,5,11,13-15H2,1H3. The predicted octanol–water partition coefficient (Wildman–Crippen LogP) is 3.05. The zero-order chi connectivity index (χ0) is 19.3. The molecule has 0 aromatic heterocycles. The summed E-state index contributed by atoms with van der Waals surface area (Å²) in [6.45, 7) is 4.40. The smallest absolute Gasteiger partial charge is 0.310 e. The lowest BCUT2D eigenvalue weighted by molar-refractivity contribution is -0.149. The Labute approximate surface area is 158 Å². The average Bonchev–Trinajstić information content (AvgIpc) is 3.17. The Kier molecular flexibility index (Phi) is 6.16. The van der Waals surface area contributed by atoms with Crippen LogP contribution in [0.4, 0.5) is 4.39 Å². The van der Waals surface area contributed by atoms with Crippen LogP contribution < -0.4 is 0 Å². The average molecular weight is 372 g/mol. The molecule has 6 heteroatoms. The third-order valence-electron chi connectivity index (χ3n) is 5.20. The monoisotopic (exact) mass is 372 g/mol. The molecule has 2 atom stereocenters. The molecule has 144 valence electrons. The lowest BCUT2D eigenvalue weighted by Gasteiger charge is -2.33. The molecule has 0 aliphatic carbocycles. The number of rotatable bonds is 7. The Morgan fingerprint density at radius 1 is 1.33 bits per heavy atom. The molecule has 1 fully saturated rings. The van der Waals surface area contributed by atoms with Crippen LogP contribution >= 0.6 is 0 Å². The highest BCUT2D eigenvalue weighted by Crippen LogP contribution is 2.28. The molecule has 0 spiro atoms. The molecule has 5 nitrogen and oxygen atoms in total. The van der Waals surface area contributed by atoms with Crippen molar-refractivity contribution in [3.05, 3.63) is 47.8 Å². The van der Waals surface area contributed by atoms with Crippen LogP contribution in [0.1, 0.15) is 36.5 Å². The van der Waals surface area contributed by atoms with Crippen molar-refractivity contribution in [2.45, 2.75) is 31.7 Å². The summed E-state index contributed by atoms with van der Waals surface area (Å²) in [7, 11) is 0. The molecule has 1 aromatic rings. The molecule has 1 saturated heterocycles. The van der Waals surface area contributed by atoms with E-state index in [0.29, 0.717) is 31.7 Å². The first-order valence-corrected chi connectivity index (χ1v) is 9.46. The van der Waals surface area contributed by atoms with Gasteiger partial charge in [-0.15, -0.1) is 0 Å². The Balaban J connectivity index is 1.66. The van der Waals surface area contributed by atoms with E-state index in [2.05, 4.69) is 9.89 Å². The summed E-state index contributed by atoms with van der Waals surface area (Å²) in [6, 6.07) is 5.58. The van der Waals surface area contributed by atoms with Crippen molar-refractivity contribution in [3.8, 4) is 0 Å². The lowest BCUT2D eigenvalue weighted by atomic mass is 9.86. The van der Waals surface area contributed by atoms with Crippen LogP contribution in [0.3, 0.4) is 0 Å². The number of esters is 1. The number of nitrogens with zero attached hydrogens (tertiary/aromatic N) is 2. The molecule has 0 amide bonds. The highest BCUT2D eigenvalue weighted by Gasteiger charge is 2.38. The number of piperidine rings is 1. The van der Waals surface area contributed by atoms with Crippen LogP contribution in [0.5, 0.6) is 0 Å². The second kappa shape index (κ2) is 8.57. The van der Waals surface area contributed by atoms with Gasteiger partial charge in [0.2, 0.25) is 0 Å². The summed E-state index contributed by atoms with van der Waals surface area (Å²) in [5, 5.41) is 0. The van der Waals surface area contributed by atoms with Crippen LogP contribution in [0, 0.1) is 11.7 Å². The van der Waals surface area contributed by atoms with Gasteiger partial charge in [0.05, 0.1) is 12.5 Å². The molecule has 0 radical (unpaired) electrons. The third kappa shape index (κ3) is 4.50. The predicted molar refractivity (Wildman–Crippen MR) is 102 cm³/mol. The van der Waals surface area contributed by atoms with Crippen LogP contribution in [-0.4, -0.2) is 54.6 Å². The van der Waals surface area contributed by atoms with E-state index in [4.69, 9.17) is 4.74 Å². The number of Topliss-reactive ketones (excluding diaryl/α,β-unsaturated/α-hetero) is 1. The van der Waals surface area contributed by atoms with E-state index in [9.17, 15) is 14.0 Å². The molecule has 2 unspecified atom stereocenters. The number of carbonyl (C=O) groups excluding carboxylic acids is 2. The summed E-state index contributed by atoms with van der Waals surface area (Å²) in [5.41, 5.74) is -0.502. The summed E-state index contributed by atoms with van der Waals surface area (Å²) in [5.74, 6) is -0.751. The van der Waals surface area contributed by atoms with Gasteiger partial charge in [-0.2, -0.15) is 0 Å². The van der Waals surface area contributed by atoms with Crippen molar-refractivity contribution in [3.63, 3.8) is 0 Å². The van der Waals surface area contributed by atoms with E-state index < -0.39 is 5.54 Å². The quantitative estimate of drug-likeness (QED) is 0.545. The van der Waals surface area contributed by atoms with Gasteiger partial charge < -0.3 is 9.64 Å². The molecular formula is C21H25FN2O3. The van der Waals surface area contributed by atoms with Gasteiger partial charge in [-0.1, -0.05) is 0 Å². The number of ketones is 1. The van der Waals surface area contributed by atoms with Gasteiger partial charge in [0.25, 0.3) is 0 Å².